The van der Waals surface area contributed by atoms with Crippen LogP contribution in [0.5, 0.6) is 0 Å². The summed E-state index contributed by atoms with van der Waals surface area (Å²) in [5.41, 5.74) is -0.587. The van der Waals surface area contributed by atoms with Crippen LogP contribution in [0, 0.1) is 0 Å². The first-order valence-corrected chi connectivity index (χ1v) is 6.69. The van der Waals surface area contributed by atoms with Gasteiger partial charge in [0.05, 0.1) is 16.7 Å². The van der Waals surface area contributed by atoms with Crippen molar-refractivity contribution in [2.24, 2.45) is 4.99 Å². The van der Waals surface area contributed by atoms with Crippen LogP contribution in [0.4, 0.5) is 0 Å². The molecule has 0 aromatic carbocycles. The van der Waals surface area contributed by atoms with E-state index in [4.69, 9.17) is 14.2 Å². The minimum Gasteiger partial charge on any atom is -0.478 e. The summed E-state index contributed by atoms with van der Waals surface area (Å²) in [4.78, 5) is 4.54. The minimum atomic E-state index is -0.255. The molecule has 4 nitrogen and oxygen atoms in total. The molecule has 2 heterocycles. The molecule has 0 aliphatic carbocycles. The molecule has 1 fully saturated rings. The molecule has 4 heteroatoms. The lowest BCUT2D eigenvalue weighted by molar-refractivity contribution is -0.0893. The van der Waals surface area contributed by atoms with Crippen molar-refractivity contribution in [3.05, 3.63) is 0 Å². The zero-order valence-corrected chi connectivity index (χ0v) is 12.4. The van der Waals surface area contributed by atoms with Crippen LogP contribution < -0.4 is 0 Å². The lowest BCUT2D eigenvalue weighted by Crippen LogP contribution is -2.41. The van der Waals surface area contributed by atoms with Crippen molar-refractivity contribution >= 4 is 5.90 Å². The van der Waals surface area contributed by atoms with Gasteiger partial charge in [-0.2, -0.15) is 0 Å². The van der Waals surface area contributed by atoms with E-state index in [2.05, 4.69) is 46.5 Å². The molecular weight excluding hydrogens is 230 g/mol. The van der Waals surface area contributed by atoms with Gasteiger partial charge in [0.2, 0.25) is 0 Å². The molecule has 2 aliphatic rings. The third kappa shape index (κ3) is 2.69. The van der Waals surface area contributed by atoms with E-state index in [1.807, 2.05) is 0 Å². The standard InChI is InChI=1S/C14H25NO3/c1-12(2)9-16-10(15-12)7-8-11-17-13(3,4)14(5,6)18-11/h11H,7-9H2,1-6H3. The maximum absolute atomic E-state index is 5.94. The maximum Gasteiger partial charge on any atom is 0.184 e. The molecule has 1 saturated heterocycles. The minimum absolute atomic E-state index is 0.0781. The largest absolute Gasteiger partial charge is 0.478 e. The lowest BCUT2D eigenvalue weighted by Gasteiger charge is -2.30. The normalized spacial score (nSPS) is 29.1. The van der Waals surface area contributed by atoms with Gasteiger partial charge in [-0.25, -0.2) is 4.99 Å². The van der Waals surface area contributed by atoms with Crippen molar-refractivity contribution in [2.45, 2.75) is 77.4 Å². The van der Waals surface area contributed by atoms with E-state index in [9.17, 15) is 0 Å². The van der Waals surface area contributed by atoms with E-state index in [0.29, 0.717) is 6.61 Å². The van der Waals surface area contributed by atoms with Gasteiger partial charge in [-0.1, -0.05) is 0 Å². The molecule has 0 unspecified atom stereocenters. The Labute approximate surface area is 110 Å². The Balaban J connectivity index is 1.87. The highest BCUT2D eigenvalue weighted by Gasteiger charge is 2.48. The van der Waals surface area contributed by atoms with Gasteiger partial charge in [-0.3, -0.25) is 0 Å². The molecule has 0 atom stereocenters. The van der Waals surface area contributed by atoms with Crippen LogP contribution in [0.25, 0.3) is 0 Å². The number of nitrogens with zero attached hydrogens (tertiary/aromatic N) is 1. The Morgan fingerprint density at radius 2 is 1.61 bits per heavy atom. The molecule has 0 saturated carbocycles. The predicted octanol–water partition coefficient (Wildman–Crippen LogP) is 2.90. The van der Waals surface area contributed by atoms with E-state index in [-0.39, 0.29) is 23.0 Å². The van der Waals surface area contributed by atoms with Crippen LogP contribution in [0.3, 0.4) is 0 Å². The Morgan fingerprint density at radius 1 is 1.06 bits per heavy atom. The van der Waals surface area contributed by atoms with Gasteiger partial charge in [0.25, 0.3) is 0 Å². The van der Waals surface area contributed by atoms with Crippen molar-refractivity contribution in [2.75, 3.05) is 6.61 Å². The number of rotatable bonds is 3. The van der Waals surface area contributed by atoms with E-state index < -0.39 is 0 Å². The fraction of sp³-hybridized carbons (Fsp3) is 0.929. The molecule has 2 rings (SSSR count). The molecule has 0 spiro atoms. The Hall–Kier alpha value is -0.610. The van der Waals surface area contributed by atoms with Gasteiger partial charge < -0.3 is 14.2 Å². The molecule has 0 aromatic heterocycles. The van der Waals surface area contributed by atoms with Gasteiger partial charge in [-0.15, -0.1) is 0 Å². The number of hydrogen-bond acceptors (Lipinski definition) is 4. The van der Waals surface area contributed by atoms with Crippen LogP contribution in [0.15, 0.2) is 4.99 Å². The highest BCUT2D eigenvalue weighted by atomic mass is 16.7. The second kappa shape index (κ2) is 4.20. The van der Waals surface area contributed by atoms with Crippen molar-refractivity contribution in [1.82, 2.24) is 0 Å². The van der Waals surface area contributed by atoms with Gasteiger partial charge in [0.1, 0.15) is 6.61 Å². The summed E-state index contributed by atoms with van der Waals surface area (Å²) >= 11 is 0. The second-order valence-corrected chi connectivity index (χ2v) is 6.83. The summed E-state index contributed by atoms with van der Waals surface area (Å²) in [6, 6.07) is 0. The summed E-state index contributed by atoms with van der Waals surface area (Å²) in [6.45, 7) is 13.1. The summed E-state index contributed by atoms with van der Waals surface area (Å²) < 4.78 is 17.5. The Morgan fingerprint density at radius 3 is 2.06 bits per heavy atom. The lowest BCUT2D eigenvalue weighted by atomic mass is 9.90. The van der Waals surface area contributed by atoms with Gasteiger partial charge in [0, 0.05) is 12.8 Å². The van der Waals surface area contributed by atoms with Gasteiger partial charge in [-0.05, 0) is 41.5 Å². The van der Waals surface area contributed by atoms with Crippen LogP contribution in [0.2, 0.25) is 0 Å². The van der Waals surface area contributed by atoms with Crippen molar-refractivity contribution in [3.8, 4) is 0 Å². The quantitative estimate of drug-likeness (QED) is 0.778. The monoisotopic (exact) mass is 255 g/mol. The molecule has 104 valence electrons. The van der Waals surface area contributed by atoms with Gasteiger partial charge in [0.15, 0.2) is 12.2 Å². The highest BCUT2D eigenvalue weighted by molar-refractivity contribution is 5.78. The van der Waals surface area contributed by atoms with Crippen LogP contribution in [-0.2, 0) is 14.2 Å². The molecule has 0 bridgehead atoms. The molecule has 0 N–H and O–H groups in total. The summed E-state index contributed by atoms with van der Waals surface area (Å²) in [5, 5.41) is 0. The molecule has 18 heavy (non-hydrogen) atoms. The van der Waals surface area contributed by atoms with Crippen LogP contribution >= 0.6 is 0 Å². The smallest absolute Gasteiger partial charge is 0.184 e. The fourth-order valence-corrected chi connectivity index (χ4v) is 2.11. The molecule has 0 aromatic rings. The number of aliphatic imine (C=N–C) groups is 1. The summed E-state index contributed by atoms with van der Waals surface area (Å²) in [7, 11) is 0. The third-order valence-corrected chi connectivity index (χ3v) is 3.92. The van der Waals surface area contributed by atoms with Crippen LogP contribution in [-0.4, -0.2) is 35.5 Å². The molecule has 0 amide bonds. The second-order valence-electron chi connectivity index (χ2n) is 6.83. The first kappa shape index (κ1) is 13.8. The van der Waals surface area contributed by atoms with E-state index in [1.54, 1.807) is 0 Å². The first-order valence-electron chi connectivity index (χ1n) is 6.69. The Bertz CT molecular complexity index is 342. The average Bonchev–Trinajstić information content (AvgIpc) is 2.62. The molecule has 0 radical (unpaired) electrons. The van der Waals surface area contributed by atoms with Crippen molar-refractivity contribution < 1.29 is 14.2 Å². The topological polar surface area (TPSA) is 40.0 Å². The van der Waals surface area contributed by atoms with Gasteiger partial charge >= 0.3 is 0 Å². The molecule has 2 aliphatic heterocycles. The predicted molar refractivity (Wildman–Crippen MR) is 70.8 cm³/mol. The SMILES string of the molecule is CC1(C)COC(CCC2OC(C)(C)C(C)(C)O2)=N1. The van der Waals surface area contributed by atoms with E-state index in [0.717, 1.165) is 18.7 Å². The molecular formula is C14H25NO3. The van der Waals surface area contributed by atoms with E-state index >= 15 is 0 Å². The third-order valence-electron chi connectivity index (χ3n) is 3.92. The summed E-state index contributed by atoms with van der Waals surface area (Å²) in [6.07, 6.45) is 1.41. The average molecular weight is 255 g/mol. The Kier molecular flexibility index (Phi) is 3.23. The number of ether oxygens (including phenoxy) is 3. The summed E-state index contributed by atoms with van der Waals surface area (Å²) in [5.74, 6) is 0.828. The van der Waals surface area contributed by atoms with E-state index in [1.165, 1.54) is 0 Å². The fourth-order valence-electron chi connectivity index (χ4n) is 2.11. The first-order chi connectivity index (χ1) is 8.11. The number of hydrogen-bond donors (Lipinski definition) is 0. The van der Waals surface area contributed by atoms with Crippen LogP contribution in [0.1, 0.15) is 54.4 Å². The zero-order chi connectivity index (χ0) is 13.6. The maximum atomic E-state index is 5.94. The van der Waals surface area contributed by atoms with Crippen molar-refractivity contribution in [3.63, 3.8) is 0 Å². The highest BCUT2D eigenvalue weighted by Crippen LogP contribution is 2.39. The zero-order valence-electron chi connectivity index (χ0n) is 12.4. The van der Waals surface area contributed by atoms with Crippen molar-refractivity contribution in [1.29, 1.82) is 0 Å².